The lowest BCUT2D eigenvalue weighted by Crippen LogP contribution is -2.14. The van der Waals surface area contributed by atoms with Crippen molar-refractivity contribution in [2.75, 3.05) is 11.1 Å². The minimum Gasteiger partial charge on any atom is -0.435 e. The van der Waals surface area contributed by atoms with Crippen molar-refractivity contribution < 1.29 is 22.7 Å². The third-order valence-electron chi connectivity index (χ3n) is 4.38. The summed E-state index contributed by atoms with van der Waals surface area (Å²) in [5.41, 5.74) is 2.98. The molecule has 1 aromatic heterocycles. The predicted molar refractivity (Wildman–Crippen MR) is 120 cm³/mol. The number of benzene rings is 3. The number of ether oxygens (including phenoxy) is 1. The van der Waals surface area contributed by atoms with E-state index >= 15 is 0 Å². The highest BCUT2D eigenvalue weighted by molar-refractivity contribution is 7.99. The number of amides is 1. The summed E-state index contributed by atoms with van der Waals surface area (Å²) >= 11 is 1.17. The molecule has 0 atom stereocenters. The first-order chi connectivity index (χ1) is 15.6. The number of nitrogens with one attached hydrogen (secondary N) is 1. The van der Waals surface area contributed by atoms with Crippen LogP contribution in [0.2, 0.25) is 0 Å². The van der Waals surface area contributed by atoms with Gasteiger partial charge in [0.25, 0.3) is 5.22 Å². The van der Waals surface area contributed by atoms with E-state index in [2.05, 4.69) is 15.0 Å². The van der Waals surface area contributed by atoms with Gasteiger partial charge in [0, 0.05) is 16.8 Å². The highest BCUT2D eigenvalue weighted by Crippen LogP contribution is 2.35. The van der Waals surface area contributed by atoms with Gasteiger partial charge in [0.2, 0.25) is 5.91 Å². The lowest BCUT2D eigenvalue weighted by atomic mass is 10.1. The topological polar surface area (TPSA) is 64.4 Å². The molecule has 1 heterocycles. The number of carbonyl (C=O) groups is 1. The number of hydrogen-bond donors (Lipinski definition) is 1. The van der Waals surface area contributed by atoms with Crippen LogP contribution in [0.15, 0.2) is 94.6 Å². The largest absolute Gasteiger partial charge is 0.435 e. The van der Waals surface area contributed by atoms with E-state index < -0.39 is 6.61 Å². The van der Waals surface area contributed by atoms with E-state index in [1.165, 1.54) is 36.0 Å². The maximum absolute atomic E-state index is 12.3. The van der Waals surface area contributed by atoms with Gasteiger partial charge in [-0.15, -0.1) is 0 Å². The molecule has 0 bridgehead atoms. The minimum absolute atomic E-state index is 0.0223. The van der Waals surface area contributed by atoms with Crippen LogP contribution in [-0.4, -0.2) is 23.3 Å². The van der Waals surface area contributed by atoms with Gasteiger partial charge in [-0.1, -0.05) is 72.4 Å². The standard InChI is InChI=1S/C24H18F2N2O3S/c25-23(26)30-19-13-11-18(12-14-19)27-20(29)15-32-24-28-21(16-7-3-1-4-8-16)22(31-24)17-9-5-2-6-10-17/h1-14,23H,15H2,(H,27,29). The molecule has 8 heteroatoms. The van der Waals surface area contributed by atoms with Crippen molar-refractivity contribution >= 4 is 23.4 Å². The number of anilines is 1. The fourth-order valence-corrected chi connectivity index (χ4v) is 3.61. The zero-order valence-corrected chi connectivity index (χ0v) is 17.5. The van der Waals surface area contributed by atoms with Crippen LogP contribution in [-0.2, 0) is 4.79 Å². The van der Waals surface area contributed by atoms with Crippen LogP contribution < -0.4 is 10.1 Å². The molecular formula is C24H18F2N2O3S. The Morgan fingerprint density at radius 2 is 1.56 bits per heavy atom. The van der Waals surface area contributed by atoms with Crippen LogP contribution in [0.1, 0.15) is 0 Å². The van der Waals surface area contributed by atoms with Gasteiger partial charge >= 0.3 is 6.61 Å². The molecule has 0 aliphatic rings. The van der Waals surface area contributed by atoms with Crippen molar-refractivity contribution in [3.63, 3.8) is 0 Å². The van der Waals surface area contributed by atoms with Crippen molar-refractivity contribution in [1.29, 1.82) is 0 Å². The summed E-state index contributed by atoms with van der Waals surface area (Å²) in [5, 5.41) is 3.08. The Labute approximate surface area is 187 Å². The molecule has 0 saturated heterocycles. The SMILES string of the molecule is O=C(CSc1nc(-c2ccccc2)c(-c2ccccc2)o1)Nc1ccc(OC(F)F)cc1. The maximum atomic E-state index is 12.3. The number of carbonyl (C=O) groups excluding carboxylic acids is 1. The second-order valence-electron chi connectivity index (χ2n) is 6.63. The quantitative estimate of drug-likeness (QED) is 0.316. The molecule has 1 N–H and O–H groups in total. The molecule has 0 aliphatic heterocycles. The molecule has 0 aliphatic carbocycles. The second-order valence-corrected chi connectivity index (χ2v) is 7.56. The lowest BCUT2D eigenvalue weighted by molar-refractivity contribution is -0.113. The zero-order chi connectivity index (χ0) is 22.3. The van der Waals surface area contributed by atoms with E-state index in [4.69, 9.17) is 4.42 Å². The van der Waals surface area contributed by atoms with Gasteiger partial charge in [-0.25, -0.2) is 4.98 Å². The van der Waals surface area contributed by atoms with Crippen LogP contribution in [0.3, 0.4) is 0 Å². The van der Waals surface area contributed by atoms with Crippen LogP contribution in [0.5, 0.6) is 5.75 Å². The Kier molecular flexibility index (Phi) is 6.81. The minimum atomic E-state index is -2.89. The summed E-state index contributed by atoms with van der Waals surface area (Å²) in [6, 6.07) is 25.0. The number of nitrogens with zero attached hydrogens (tertiary/aromatic N) is 1. The average molecular weight is 452 g/mol. The van der Waals surface area contributed by atoms with E-state index in [0.29, 0.717) is 22.4 Å². The monoisotopic (exact) mass is 452 g/mol. The average Bonchev–Trinajstić information content (AvgIpc) is 3.24. The summed E-state index contributed by atoms with van der Waals surface area (Å²) in [7, 11) is 0. The van der Waals surface area contributed by atoms with Crippen molar-refractivity contribution in [3.8, 4) is 28.3 Å². The Bertz CT molecular complexity index is 1110. The van der Waals surface area contributed by atoms with Gasteiger partial charge in [-0.2, -0.15) is 8.78 Å². The van der Waals surface area contributed by atoms with Crippen LogP contribution in [0.25, 0.3) is 22.6 Å². The molecule has 0 radical (unpaired) electrons. The number of hydrogen-bond acceptors (Lipinski definition) is 5. The Hall–Kier alpha value is -3.65. The van der Waals surface area contributed by atoms with Crippen molar-refractivity contribution in [1.82, 2.24) is 4.98 Å². The van der Waals surface area contributed by atoms with E-state index in [-0.39, 0.29) is 17.4 Å². The van der Waals surface area contributed by atoms with Crippen LogP contribution >= 0.6 is 11.8 Å². The molecule has 0 fully saturated rings. The van der Waals surface area contributed by atoms with Crippen molar-refractivity contribution in [2.45, 2.75) is 11.8 Å². The van der Waals surface area contributed by atoms with Crippen LogP contribution in [0, 0.1) is 0 Å². The van der Waals surface area contributed by atoms with Gasteiger partial charge in [0.05, 0.1) is 5.75 Å². The van der Waals surface area contributed by atoms with E-state index in [1.54, 1.807) is 0 Å². The van der Waals surface area contributed by atoms with Crippen LogP contribution in [0.4, 0.5) is 14.5 Å². The number of thioether (sulfide) groups is 1. The number of alkyl halides is 2. The highest BCUT2D eigenvalue weighted by atomic mass is 32.2. The van der Waals surface area contributed by atoms with Gasteiger partial charge in [0.1, 0.15) is 11.4 Å². The lowest BCUT2D eigenvalue weighted by Gasteiger charge is -2.07. The fourth-order valence-electron chi connectivity index (χ4n) is 2.98. The molecular weight excluding hydrogens is 434 g/mol. The van der Waals surface area contributed by atoms with Crippen molar-refractivity contribution in [3.05, 3.63) is 84.9 Å². The number of halogens is 2. The molecule has 0 saturated carbocycles. The summed E-state index contributed by atoms with van der Waals surface area (Å²) in [6.45, 7) is -2.89. The molecule has 32 heavy (non-hydrogen) atoms. The molecule has 5 nitrogen and oxygen atoms in total. The summed E-state index contributed by atoms with van der Waals surface area (Å²) in [5.74, 6) is 0.444. The normalized spacial score (nSPS) is 10.8. The Balaban J connectivity index is 1.45. The first-order valence-corrected chi connectivity index (χ1v) is 10.7. The molecule has 0 unspecified atom stereocenters. The van der Waals surface area contributed by atoms with Gasteiger partial charge in [0.15, 0.2) is 5.76 Å². The van der Waals surface area contributed by atoms with Gasteiger partial charge in [-0.3, -0.25) is 4.79 Å². The molecule has 1 amide bonds. The van der Waals surface area contributed by atoms with E-state index in [9.17, 15) is 13.6 Å². The number of oxazole rings is 1. The number of aromatic nitrogens is 1. The fraction of sp³-hybridized carbons (Fsp3) is 0.0833. The first-order valence-electron chi connectivity index (χ1n) is 9.67. The Morgan fingerprint density at radius 3 is 2.19 bits per heavy atom. The smallest absolute Gasteiger partial charge is 0.387 e. The predicted octanol–water partition coefficient (Wildman–Crippen LogP) is 6.34. The zero-order valence-electron chi connectivity index (χ0n) is 16.7. The summed E-state index contributed by atoms with van der Waals surface area (Å²) in [4.78, 5) is 16.9. The summed E-state index contributed by atoms with van der Waals surface area (Å²) in [6.07, 6.45) is 0. The first kappa shape index (κ1) is 21.6. The highest BCUT2D eigenvalue weighted by Gasteiger charge is 2.18. The van der Waals surface area contributed by atoms with E-state index in [0.717, 1.165) is 11.1 Å². The van der Waals surface area contributed by atoms with E-state index in [1.807, 2.05) is 60.7 Å². The molecule has 162 valence electrons. The Morgan fingerprint density at radius 1 is 0.938 bits per heavy atom. The van der Waals surface area contributed by atoms with Gasteiger partial charge in [-0.05, 0) is 24.3 Å². The number of rotatable bonds is 8. The van der Waals surface area contributed by atoms with Crippen molar-refractivity contribution in [2.24, 2.45) is 0 Å². The summed E-state index contributed by atoms with van der Waals surface area (Å²) < 4.78 is 34.7. The molecule has 3 aromatic carbocycles. The third kappa shape index (κ3) is 5.53. The van der Waals surface area contributed by atoms with Gasteiger partial charge < -0.3 is 14.5 Å². The molecule has 4 rings (SSSR count). The second kappa shape index (κ2) is 10.1. The maximum Gasteiger partial charge on any atom is 0.387 e. The molecule has 0 spiro atoms. The third-order valence-corrected chi connectivity index (χ3v) is 5.21. The molecule has 4 aromatic rings.